The SMILES string of the molecule is Cc1ccsc1[C@@H]1C[C@H]1C(=O)N[C@H](C)C(=O)NCc1ccccc1. The second-order valence-electron chi connectivity index (χ2n) is 6.35. The summed E-state index contributed by atoms with van der Waals surface area (Å²) >= 11 is 1.71. The van der Waals surface area contributed by atoms with E-state index in [2.05, 4.69) is 29.0 Å². The van der Waals surface area contributed by atoms with E-state index in [0.29, 0.717) is 12.5 Å². The van der Waals surface area contributed by atoms with Gasteiger partial charge in [0.15, 0.2) is 0 Å². The van der Waals surface area contributed by atoms with E-state index in [1.165, 1.54) is 10.4 Å². The van der Waals surface area contributed by atoms with E-state index in [4.69, 9.17) is 0 Å². The van der Waals surface area contributed by atoms with Gasteiger partial charge in [0, 0.05) is 23.3 Å². The maximum atomic E-state index is 12.3. The highest BCUT2D eigenvalue weighted by molar-refractivity contribution is 7.10. The second kappa shape index (κ2) is 7.18. The molecule has 3 rings (SSSR count). The van der Waals surface area contributed by atoms with Gasteiger partial charge in [0.05, 0.1) is 0 Å². The van der Waals surface area contributed by atoms with E-state index in [1.807, 2.05) is 30.3 Å². The monoisotopic (exact) mass is 342 g/mol. The molecule has 2 aromatic rings. The fourth-order valence-electron chi connectivity index (χ4n) is 2.86. The van der Waals surface area contributed by atoms with Crippen LogP contribution in [-0.2, 0) is 16.1 Å². The number of hydrogen-bond donors (Lipinski definition) is 2. The number of hydrogen-bond acceptors (Lipinski definition) is 3. The van der Waals surface area contributed by atoms with Crippen LogP contribution in [0.4, 0.5) is 0 Å². The maximum absolute atomic E-state index is 12.3. The summed E-state index contributed by atoms with van der Waals surface area (Å²) in [6.45, 7) is 4.28. The molecular weight excluding hydrogens is 320 g/mol. The van der Waals surface area contributed by atoms with Gasteiger partial charge in [-0.1, -0.05) is 30.3 Å². The van der Waals surface area contributed by atoms with E-state index in [9.17, 15) is 9.59 Å². The minimum Gasteiger partial charge on any atom is -0.350 e. The van der Waals surface area contributed by atoms with Gasteiger partial charge in [-0.15, -0.1) is 11.3 Å². The Morgan fingerprint density at radius 1 is 1.25 bits per heavy atom. The Morgan fingerprint density at radius 2 is 2.00 bits per heavy atom. The fraction of sp³-hybridized carbons (Fsp3) is 0.368. The molecular formula is C19H22N2O2S. The summed E-state index contributed by atoms with van der Waals surface area (Å²) in [5.41, 5.74) is 2.30. The molecule has 1 aromatic carbocycles. The number of aryl methyl sites for hydroxylation is 1. The van der Waals surface area contributed by atoms with E-state index in [1.54, 1.807) is 18.3 Å². The Bertz CT molecular complexity index is 726. The molecule has 2 amide bonds. The van der Waals surface area contributed by atoms with Crippen molar-refractivity contribution in [2.24, 2.45) is 5.92 Å². The van der Waals surface area contributed by atoms with Crippen molar-refractivity contribution in [2.75, 3.05) is 0 Å². The first-order valence-electron chi connectivity index (χ1n) is 8.22. The smallest absolute Gasteiger partial charge is 0.242 e. The van der Waals surface area contributed by atoms with Crippen LogP contribution in [0.2, 0.25) is 0 Å². The predicted molar refractivity (Wildman–Crippen MR) is 95.8 cm³/mol. The number of nitrogens with one attached hydrogen (secondary N) is 2. The Morgan fingerprint density at radius 3 is 2.67 bits per heavy atom. The van der Waals surface area contributed by atoms with Gasteiger partial charge in [-0.3, -0.25) is 9.59 Å². The van der Waals surface area contributed by atoms with Crippen LogP contribution in [0.5, 0.6) is 0 Å². The van der Waals surface area contributed by atoms with Crippen LogP contribution in [0.3, 0.4) is 0 Å². The Hall–Kier alpha value is -2.14. The molecule has 3 atom stereocenters. The minimum atomic E-state index is -0.521. The lowest BCUT2D eigenvalue weighted by molar-refractivity contribution is -0.129. The third-order valence-corrected chi connectivity index (χ3v) is 5.58. The number of amides is 2. The van der Waals surface area contributed by atoms with E-state index in [-0.39, 0.29) is 17.7 Å². The third kappa shape index (κ3) is 3.85. The number of rotatable bonds is 6. The molecule has 0 radical (unpaired) electrons. The molecule has 1 heterocycles. The zero-order chi connectivity index (χ0) is 17.1. The normalized spacial score (nSPS) is 20.2. The Labute approximate surface area is 146 Å². The molecule has 24 heavy (non-hydrogen) atoms. The first-order valence-corrected chi connectivity index (χ1v) is 9.10. The first kappa shape index (κ1) is 16.7. The molecule has 4 nitrogen and oxygen atoms in total. The topological polar surface area (TPSA) is 58.2 Å². The Balaban J connectivity index is 1.46. The number of thiophene rings is 1. The molecule has 1 aliphatic carbocycles. The average Bonchev–Trinajstić information content (AvgIpc) is 3.27. The number of carbonyl (C=O) groups excluding carboxylic acids is 2. The molecule has 1 aromatic heterocycles. The van der Waals surface area contributed by atoms with Gasteiger partial charge >= 0.3 is 0 Å². The predicted octanol–water partition coefficient (Wildman–Crippen LogP) is 2.98. The lowest BCUT2D eigenvalue weighted by atomic mass is 10.2. The van der Waals surface area contributed by atoms with Gasteiger partial charge in [0.25, 0.3) is 0 Å². The minimum absolute atomic E-state index is 0.00623. The second-order valence-corrected chi connectivity index (χ2v) is 7.30. The molecule has 0 unspecified atom stereocenters. The molecule has 2 N–H and O–H groups in total. The lowest BCUT2D eigenvalue weighted by Crippen LogP contribution is -2.45. The zero-order valence-electron chi connectivity index (χ0n) is 13.9. The molecule has 5 heteroatoms. The van der Waals surface area contributed by atoms with Crippen LogP contribution in [0, 0.1) is 12.8 Å². The van der Waals surface area contributed by atoms with Crippen molar-refractivity contribution >= 4 is 23.2 Å². The average molecular weight is 342 g/mol. The van der Waals surface area contributed by atoms with E-state index >= 15 is 0 Å². The highest BCUT2D eigenvalue weighted by atomic mass is 32.1. The Kier molecular flexibility index (Phi) is 5.00. The summed E-state index contributed by atoms with van der Waals surface area (Å²) in [5.74, 6) is 0.156. The fourth-order valence-corrected chi connectivity index (χ4v) is 3.97. The van der Waals surface area contributed by atoms with Gasteiger partial charge in [0.2, 0.25) is 11.8 Å². The largest absolute Gasteiger partial charge is 0.350 e. The van der Waals surface area contributed by atoms with E-state index < -0.39 is 6.04 Å². The van der Waals surface area contributed by atoms with Crippen molar-refractivity contribution < 1.29 is 9.59 Å². The number of benzene rings is 1. The zero-order valence-corrected chi connectivity index (χ0v) is 14.7. The summed E-state index contributed by atoms with van der Waals surface area (Å²) in [4.78, 5) is 25.8. The number of carbonyl (C=O) groups is 2. The van der Waals surface area contributed by atoms with Crippen LogP contribution in [-0.4, -0.2) is 17.9 Å². The van der Waals surface area contributed by atoms with Crippen molar-refractivity contribution in [2.45, 2.75) is 38.8 Å². The van der Waals surface area contributed by atoms with Crippen molar-refractivity contribution in [1.82, 2.24) is 10.6 Å². The van der Waals surface area contributed by atoms with Crippen molar-refractivity contribution in [3.63, 3.8) is 0 Å². The van der Waals surface area contributed by atoms with Gasteiger partial charge < -0.3 is 10.6 Å². The van der Waals surface area contributed by atoms with Crippen LogP contribution >= 0.6 is 11.3 Å². The lowest BCUT2D eigenvalue weighted by Gasteiger charge is -2.14. The van der Waals surface area contributed by atoms with Gasteiger partial charge in [-0.25, -0.2) is 0 Å². The first-order chi connectivity index (χ1) is 11.6. The summed E-state index contributed by atoms with van der Waals surface area (Å²) in [6, 6.07) is 11.3. The van der Waals surface area contributed by atoms with Gasteiger partial charge in [-0.2, -0.15) is 0 Å². The van der Waals surface area contributed by atoms with E-state index in [0.717, 1.165) is 12.0 Å². The maximum Gasteiger partial charge on any atom is 0.242 e. The summed E-state index contributed by atoms with van der Waals surface area (Å²) in [5, 5.41) is 7.77. The van der Waals surface area contributed by atoms with Crippen LogP contribution in [0.1, 0.15) is 35.3 Å². The standard InChI is InChI=1S/C19H22N2O2S/c1-12-8-9-24-17(12)15-10-16(15)19(23)21-13(2)18(22)20-11-14-6-4-3-5-7-14/h3-9,13,15-16H,10-11H2,1-2H3,(H,20,22)(H,21,23)/t13-,15-,16-/m1/s1. The van der Waals surface area contributed by atoms with Gasteiger partial charge in [-0.05, 0) is 42.8 Å². The molecule has 0 bridgehead atoms. The molecule has 0 aliphatic heterocycles. The highest BCUT2D eigenvalue weighted by Gasteiger charge is 2.45. The highest BCUT2D eigenvalue weighted by Crippen LogP contribution is 2.50. The summed E-state index contributed by atoms with van der Waals surface area (Å²) in [7, 11) is 0. The van der Waals surface area contributed by atoms with Crippen LogP contribution in [0.25, 0.3) is 0 Å². The quantitative estimate of drug-likeness (QED) is 0.848. The third-order valence-electron chi connectivity index (χ3n) is 4.43. The molecule has 1 aliphatic rings. The summed E-state index contributed by atoms with van der Waals surface area (Å²) < 4.78 is 0. The van der Waals surface area contributed by atoms with Crippen LogP contribution < -0.4 is 10.6 Å². The molecule has 126 valence electrons. The van der Waals surface area contributed by atoms with Crippen molar-refractivity contribution in [3.05, 3.63) is 57.8 Å². The molecule has 0 spiro atoms. The summed E-state index contributed by atoms with van der Waals surface area (Å²) in [6.07, 6.45) is 0.880. The molecule has 1 saturated carbocycles. The molecule has 1 fully saturated rings. The molecule has 0 saturated heterocycles. The van der Waals surface area contributed by atoms with Crippen LogP contribution in [0.15, 0.2) is 41.8 Å². The van der Waals surface area contributed by atoms with Crippen molar-refractivity contribution in [3.8, 4) is 0 Å². The van der Waals surface area contributed by atoms with Gasteiger partial charge in [0.1, 0.15) is 6.04 Å². The van der Waals surface area contributed by atoms with Crippen molar-refractivity contribution in [1.29, 1.82) is 0 Å².